The number of carbonyl (C=O) groups is 4. The van der Waals surface area contributed by atoms with Crippen molar-refractivity contribution in [2.75, 3.05) is 32.1 Å². The predicted molar refractivity (Wildman–Crippen MR) is 112 cm³/mol. The largest absolute Gasteiger partial charge is 0.465 e. The highest BCUT2D eigenvalue weighted by Crippen LogP contribution is 2.20. The van der Waals surface area contributed by atoms with E-state index in [2.05, 4.69) is 10.1 Å². The lowest BCUT2D eigenvalue weighted by Gasteiger charge is -2.31. The smallest absolute Gasteiger partial charge is 0.338 e. The molecule has 1 saturated heterocycles. The van der Waals surface area contributed by atoms with Crippen LogP contribution in [0.1, 0.15) is 33.6 Å². The van der Waals surface area contributed by atoms with Gasteiger partial charge in [-0.05, 0) is 49.2 Å². The molecule has 0 aromatic heterocycles. The molecule has 2 aromatic carbocycles. The van der Waals surface area contributed by atoms with E-state index in [9.17, 15) is 19.2 Å². The summed E-state index contributed by atoms with van der Waals surface area (Å²) in [5.74, 6) is -1.68. The number of likely N-dealkylation sites (tertiary alicyclic amines) is 1. The van der Waals surface area contributed by atoms with Gasteiger partial charge in [-0.3, -0.25) is 9.59 Å². The van der Waals surface area contributed by atoms with Crippen molar-refractivity contribution in [3.63, 3.8) is 0 Å². The summed E-state index contributed by atoms with van der Waals surface area (Å²) in [5.41, 5.74) is 1.29. The highest BCUT2D eigenvalue weighted by atomic mass is 16.5. The van der Waals surface area contributed by atoms with E-state index < -0.39 is 11.9 Å². The number of para-hydroxylation sites is 1. The first-order chi connectivity index (χ1) is 15.0. The molecule has 1 fully saturated rings. The number of amides is 2. The molecule has 1 N–H and O–H groups in total. The van der Waals surface area contributed by atoms with Gasteiger partial charge in [-0.25, -0.2) is 9.59 Å². The topological polar surface area (TPSA) is 102 Å². The fourth-order valence-electron chi connectivity index (χ4n) is 3.32. The second-order valence-electron chi connectivity index (χ2n) is 7.16. The number of ether oxygens (including phenoxy) is 2. The van der Waals surface area contributed by atoms with E-state index in [-0.39, 0.29) is 29.9 Å². The average molecular weight is 424 g/mol. The lowest BCUT2D eigenvalue weighted by atomic mass is 9.95. The Labute approximate surface area is 180 Å². The highest BCUT2D eigenvalue weighted by Gasteiger charge is 2.28. The maximum absolute atomic E-state index is 12.4. The van der Waals surface area contributed by atoms with Gasteiger partial charge in [0.2, 0.25) is 5.91 Å². The SMILES string of the molecule is COC(=O)c1ccc(C(=O)OCC(=O)N2CCC(C(=O)Nc3ccccc3)CC2)cc1. The van der Waals surface area contributed by atoms with Crippen LogP contribution in [0, 0.1) is 5.92 Å². The van der Waals surface area contributed by atoms with Crippen molar-refractivity contribution in [2.24, 2.45) is 5.92 Å². The minimum Gasteiger partial charge on any atom is -0.465 e. The van der Waals surface area contributed by atoms with Gasteiger partial charge in [-0.15, -0.1) is 0 Å². The number of rotatable bonds is 6. The summed E-state index contributed by atoms with van der Waals surface area (Å²) in [6.07, 6.45) is 1.10. The van der Waals surface area contributed by atoms with Crippen LogP contribution < -0.4 is 5.32 Å². The molecule has 8 heteroatoms. The molecule has 8 nitrogen and oxygen atoms in total. The van der Waals surface area contributed by atoms with Gasteiger partial charge in [0.05, 0.1) is 18.2 Å². The maximum atomic E-state index is 12.4. The van der Waals surface area contributed by atoms with E-state index in [1.807, 2.05) is 30.3 Å². The molecule has 31 heavy (non-hydrogen) atoms. The first-order valence-electron chi connectivity index (χ1n) is 9.97. The molecule has 0 saturated carbocycles. The van der Waals surface area contributed by atoms with Gasteiger partial charge in [0, 0.05) is 24.7 Å². The molecule has 2 amide bonds. The van der Waals surface area contributed by atoms with Crippen molar-refractivity contribution >= 4 is 29.4 Å². The predicted octanol–water partition coefficient (Wildman–Crippen LogP) is 2.51. The third-order valence-corrected chi connectivity index (χ3v) is 5.13. The summed E-state index contributed by atoms with van der Waals surface area (Å²) < 4.78 is 9.70. The Morgan fingerprint density at radius 1 is 0.903 bits per heavy atom. The zero-order valence-corrected chi connectivity index (χ0v) is 17.2. The summed E-state index contributed by atoms with van der Waals surface area (Å²) in [4.78, 5) is 49.9. The lowest BCUT2D eigenvalue weighted by Crippen LogP contribution is -2.43. The van der Waals surface area contributed by atoms with Crippen molar-refractivity contribution in [1.29, 1.82) is 0 Å². The third-order valence-electron chi connectivity index (χ3n) is 5.13. The fourth-order valence-corrected chi connectivity index (χ4v) is 3.32. The first kappa shape index (κ1) is 22.0. The monoisotopic (exact) mass is 424 g/mol. The molecular formula is C23H24N2O6. The number of nitrogens with one attached hydrogen (secondary N) is 1. The Balaban J connectivity index is 1.43. The van der Waals surface area contributed by atoms with Crippen molar-refractivity contribution in [2.45, 2.75) is 12.8 Å². The Morgan fingerprint density at radius 2 is 1.48 bits per heavy atom. The number of carbonyl (C=O) groups excluding carboxylic acids is 4. The van der Waals surface area contributed by atoms with Gasteiger partial charge in [0.25, 0.3) is 5.91 Å². The molecule has 0 unspecified atom stereocenters. The second kappa shape index (κ2) is 10.4. The Morgan fingerprint density at radius 3 is 2.06 bits per heavy atom. The molecule has 1 heterocycles. The van der Waals surface area contributed by atoms with Gasteiger partial charge in [0.15, 0.2) is 6.61 Å². The normalized spacial score (nSPS) is 13.9. The van der Waals surface area contributed by atoms with Crippen LogP contribution in [-0.2, 0) is 19.1 Å². The van der Waals surface area contributed by atoms with Crippen molar-refractivity contribution < 1.29 is 28.7 Å². The van der Waals surface area contributed by atoms with Crippen molar-refractivity contribution in [1.82, 2.24) is 4.90 Å². The van der Waals surface area contributed by atoms with Gasteiger partial charge in [-0.2, -0.15) is 0 Å². The molecule has 2 aromatic rings. The van der Waals surface area contributed by atoms with Gasteiger partial charge >= 0.3 is 11.9 Å². The summed E-state index contributed by atoms with van der Waals surface area (Å²) in [6.45, 7) is 0.479. The highest BCUT2D eigenvalue weighted by molar-refractivity contribution is 5.94. The lowest BCUT2D eigenvalue weighted by molar-refractivity contribution is -0.137. The van der Waals surface area contributed by atoms with E-state index in [0.29, 0.717) is 31.5 Å². The molecule has 1 aliphatic rings. The molecule has 0 radical (unpaired) electrons. The molecule has 0 spiro atoms. The fraction of sp³-hybridized carbons (Fsp3) is 0.304. The molecule has 1 aliphatic heterocycles. The zero-order valence-electron chi connectivity index (χ0n) is 17.2. The minimum absolute atomic E-state index is 0.0554. The van der Waals surface area contributed by atoms with Crippen LogP contribution in [-0.4, -0.2) is 55.5 Å². The van der Waals surface area contributed by atoms with Crippen LogP contribution in [0.4, 0.5) is 5.69 Å². The van der Waals surface area contributed by atoms with E-state index in [0.717, 1.165) is 5.69 Å². The van der Waals surface area contributed by atoms with Gasteiger partial charge < -0.3 is 19.7 Å². The van der Waals surface area contributed by atoms with Crippen molar-refractivity contribution in [3.05, 3.63) is 65.7 Å². The van der Waals surface area contributed by atoms with Crippen LogP contribution in [0.2, 0.25) is 0 Å². The number of benzene rings is 2. The van der Waals surface area contributed by atoms with Crippen LogP contribution in [0.3, 0.4) is 0 Å². The van der Waals surface area contributed by atoms with E-state index in [1.165, 1.54) is 31.4 Å². The summed E-state index contributed by atoms with van der Waals surface area (Å²) >= 11 is 0. The number of nitrogens with zero attached hydrogens (tertiary/aromatic N) is 1. The number of hydrogen-bond donors (Lipinski definition) is 1. The van der Waals surface area contributed by atoms with E-state index >= 15 is 0 Å². The van der Waals surface area contributed by atoms with Crippen LogP contribution in [0.15, 0.2) is 54.6 Å². The van der Waals surface area contributed by atoms with Crippen LogP contribution >= 0.6 is 0 Å². The van der Waals surface area contributed by atoms with Gasteiger partial charge in [0.1, 0.15) is 0 Å². The molecule has 0 aliphatic carbocycles. The zero-order chi connectivity index (χ0) is 22.2. The summed E-state index contributed by atoms with van der Waals surface area (Å²) in [7, 11) is 1.27. The summed E-state index contributed by atoms with van der Waals surface area (Å²) in [6, 6.07) is 15.0. The number of methoxy groups -OCH3 is 1. The van der Waals surface area contributed by atoms with E-state index in [1.54, 1.807) is 4.90 Å². The van der Waals surface area contributed by atoms with Gasteiger partial charge in [-0.1, -0.05) is 18.2 Å². The van der Waals surface area contributed by atoms with Crippen molar-refractivity contribution in [3.8, 4) is 0 Å². The quantitative estimate of drug-likeness (QED) is 0.715. The van der Waals surface area contributed by atoms with Crippen LogP contribution in [0.25, 0.3) is 0 Å². The van der Waals surface area contributed by atoms with E-state index in [4.69, 9.17) is 4.74 Å². The Hall–Kier alpha value is -3.68. The number of hydrogen-bond acceptors (Lipinski definition) is 6. The second-order valence-corrected chi connectivity index (χ2v) is 7.16. The standard InChI is InChI=1S/C23H24N2O6/c1-30-22(28)17-7-9-18(10-8-17)23(29)31-15-20(26)25-13-11-16(12-14-25)21(27)24-19-5-3-2-4-6-19/h2-10,16H,11-15H2,1H3,(H,24,27). The number of anilines is 1. The molecule has 0 atom stereocenters. The minimum atomic E-state index is -0.651. The first-order valence-corrected chi connectivity index (χ1v) is 9.97. The molecular weight excluding hydrogens is 400 g/mol. The third kappa shape index (κ3) is 5.91. The molecule has 162 valence electrons. The van der Waals surface area contributed by atoms with Crippen LogP contribution in [0.5, 0.6) is 0 Å². The number of esters is 2. The average Bonchev–Trinajstić information content (AvgIpc) is 2.82. The summed E-state index contributed by atoms with van der Waals surface area (Å²) in [5, 5.41) is 2.89. The number of piperidine rings is 1. The molecule has 0 bridgehead atoms. The Bertz CT molecular complexity index is 934. The molecule has 3 rings (SSSR count). The Kier molecular flexibility index (Phi) is 7.37. The maximum Gasteiger partial charge on any atom is 0.338 e.